The van der Waals surface area contributed by atoms with Gasteiger partial charge in [0.2, 0.25) is 0 Å². The minimum atomic E-state index is -0.629. The van der Waals surface area contributed by atoms with E-state index in [1.54, 1.807) is 38.2 Å². The number of rotatable bonds is 5. The molecule has 0 saturated heterocycles. The molecule has 6 nitrogen and oxygen atoms in total. The smallest absolute Gasteiger partial charge is 0.318 e. The summed E-state index contributed by atoms with van der Waals surface area (Å²) in [4.78, 5) is 23.4. The molecule has 0 spiro atoms. The number of carbonyl (C=O) groups excluding carboxylic acids is 2. The van der Waals surface area contributed by atoms with Gasteiger partial charge in [-0.15, -0.1) is 0 Å². The average molecular weight is 327 g/mol. The van der Waals surface area contributed by atoms with Crippen molar-refractivity contribution in [2.24, 2.45) is 0 Å². The Kier molecular flexibility index (Phi) is 5.78. The molecule has 2 aromatic rings. The third-order valence-corrected chi connectivity index (χ3v) is 3.31. The van der Waals surface area contributed by atoms with Crippen LogP contribution in [0.15, 0.2) is 48.5 Å². The topological polar surface area (TPSA) is 79.5 Å². The van der Waals surface area contributed by atoms with Gasteiger partial charge >= 0.3 is 6.03 Å². The Morgan fingerprint density at radius 3 is 2.21 bits per heavy atom. The van der Waals surface area contributed by atoms with E-state index in [4.69, 9.17) is 4.74 Å². The van der Waals surface area contributed by atoms with E-state index in [0.29, 0.717) is 17.1 Å². The molecule has 0 aliphatic heterocycles. The predicted molar refractivity (Wildman–Crippen MR) is 94.4 cm³/mol. The number of aryl methyl sites for hydroxylation is 1. The maximum atomic E-state index is 12.2. The SMILES string of the molecule is CNC(=O)Nc1ccc(NC(=O)C(C)Oc2cccc(C)c2)cc1. The molecule has 3 N–H and O–H groups in total. The Morgan fingerprint density at radius 1 is 1.00 bits per heavy atom. The molecule has 0 bridgehead atoms. The van der Waals surface area contributed by atoms with Gasteiger partial charge in [0.1, 0.15) is 5.75 Å². The standard InChI is InChI=1S/C18H21N3O3/c1-12-5-4-6-16(11-12)24-13(2)17(22)20-14-7-9-15(10-8-14)21-18(23)19-3/h4-11,13H,1-3H3,(H,20,22)(H2,19,21,23). The number of nitrogens with one attached hydrogen (secondary N) is 3. The summed E-state index contributed by atoms with van der Waals surface area (Å²) in [5.74, 6) is 0.409. The summed E-state index contributed by atoms with van der Waals surface area (Å²) in [5, 5.41) is 7.89. The molecule has 0 aromatic heterocycles. The Balaban J connectivity index is 1.92. The van der Waals surface area contributed by atoms with Crippen molar-refractivity contribution in [3.8, 4) is 5.75 Å². The van der Waals surface area contributed by atoms with Crippen LogP contribution in [-0.2, 0) is 4.79 Å². The lowest BCUT2D eigenvalue weighted by molar-refractivity contribution is -0.122. The molecule has 0 saturated carbocycles. The summed E-state index contributed by atoms with van der Waals surface area (Å²) in [6, 6.07) is 14.1. The highest BCUT2D eigenvalue weighted by molar-refractivity contribution is 5.94. The molecular formula is C18H21N3O3. The van der Waals surface area contributed by atoms with Crippen molar-refractivity contribution in [3.63, 3.8) is 0 Å². The average Bonchev–Trinajstić information content (AvgIpc) is 2.56. The lowest BCUT2D eigenvalue weighted by atomic mass is 10.2. The summed E-state index contributed by atoms with van der Waals surface area (Å²) in [6.45, 7) is 3.66. The van der Waals surface area contributed by atoms with Gasteiger partial charge in [0.05, 0.1) is 0 Å². The fourth-order valence-electron chi connectivity index (χ4n) is 2.02. The van der Waals surface area contributed by atoms with Crippen LogP contribution in [0.25, 0.3) is 0 Å². The number of carbonyl (C=O) groups is 2. The van der Waals surface area contributed by atoms with Gasteiger partial charge in [0.25, 0.3) is 5.91 Å². The van der Waals surface area contributed by atoms with E-state index in [1.165, 1.54) is 0 Å². The van der Waals surface area contributed by atoms with Crippen molar-refractivity contribution in [1.29, 1.82) is 0 Å². The summed E-state index contributed by atoms with van der Waals surface area (Å²) in [5.41, 5.74) is 2.33. The third-order valence-electron chi connectivity index (χ3n) is 3.31. The van der Waals surface area contributed by atoms with Gasteiger partial charge in [0, 0.05) is 18.4 Å². The van der Waals surface area contributed by atoms with E-state index >= 15 is 0 Å². The molecule has 0 fully saturated rings. The quantitative estimate of drug-likeness (QED) is 0.789. The van der Waals surface area contributed by atoms with Crippen molar-refractivity contribution in [1.82, 2.24) is 5.32 Å². The highest BCUT2D eigenvalue weighted by Gasteiger charge is 2.15. The highest BCUT2D eigenvalue weighted by atomic mass is 16.5. The molecule has 0 heterocycles. The second-order valence-corrected chi connectivity index (χ2v) is 5.35. The molecule has 2 aromatic carbocycles. The van der Waals surface area contributed by atoms with Crippen molar-refractivity contribution in [3.05, 3.63) is 54.1 Å². The summed E-state index contributed by atoms with van der Waals surface area (Å²) in [6.07, 6.45) is -0.629. The zero-order valence-electron chi connectivity index (χ0n) is 13.9. The Hall–Kier alpha value is -3.02. The molecule has 2 rings (SSSR count). The molecular weight excluding hydrogens is 306 g/mol. The third kappa shape index (κ3) is 5.01. The van der Waals surface area contributed by atoms with Gasteiger partial charge in [-0.2, -0.15) is 0 Å². The van der Waals surface area contributed by atoms with Crippen LogP contribution in [0.2, 0.25) is 0 Å². The first-order valence-corrected chi connectivity index (χ1v) is 7.61. The maximum absolute atomic E-state index is 12.2. The minimum Gasteiger partial charge on any atom is -0.481 e. The monoisotopic (exact) mass is 327 g/mol. The fraction of sp³-hybridized carbons (Fsp3) is 0.222. The van der Waals surface area contributed by atoms with Crippen LogP contribution >= 0.6 is 0 Å². The minimum absolute atomic E-state index is 0.247. The first-order chi connectivity index (χ1) is 11.5. The fourth-order valence-corrected chi connectivity index (χ4v) is 2.02. The van der Waals surface area contributed by atoms with E-state index in [0.717, 1.165) is 5.56 Å². The van der Waals surface area contributed by atoms with E-state index in [1.807, 2.05) is 31.2 Å². The molecule has 24 heavy (non-hydrogen) atoms. The van der Waals surface area contributed by atoms with Gasteiger partial charge < -0.3 is 20.7 Å². The molecule has 6 heteroatoms. The molecule has 0 aliphatic rings. The first kappa shape index (κ1) is 17.3. The second-order valence-electron chi connectivity index (χ2n) is 5.35. The van der Waals surface area contributed by atoms with E-state index in [9.17, 15) is 9.59 Å². The normalized spacial score (nSPS) is 11.3. The van der Waals surface area contributed by atoms with Gasteiger partial charge in [-0.25, -0.2) is 4.79 Å². The van der Waals surface area contributed by atoms with Crippen molar-refractivity contribution >= 4 is 23.3 Å². The van der Waals surface area contributed by atoms with Crippen LogP contribution < -0.4 is 20.7 Å². The van der Waals surface area contributed by atoms with Crippen molar-refractivity contribution < 1.29 is 14.3 Å². The highest BCUT2D eigenvalue weighted by Crippen LogP contribution is 2.16. The summed E-state index contributed by atoms with van der Waals surface area (Å²) >= 11 is 0. The molecule has 1 unspecified atom stereocenters. The number of amides is 3. The number of hydrogen-bond donors (Lipinski definition) is 3. The van der Waals surface area contributed by atoms with Gasteiger partial charge in [-0.05, 0) is 55.8 Å². The van der Waals surface area contributed by atoms with Crippen LogP contribution in [0.5, 0.6) is 5.75 Å². The maximum Gasteiger partial charge on any atom is 0.318 e. The molecule has 1 atom stereocenters. The number of benzene rings is 2. The molecule has 126 valence electrons. The van der Waals surface area contributed by atoms with Gasteiger partial charge in [-0.1, -0.05) is 12.1 Å². The van der Waals surface area contributed by atoms with Crippen LogP contribution in [0, 0.1) is 6.92 Å². The predicted octanol–water partition coefficient (Wildman–Crippen LogP) is 3.15. The largest absolute Gasteiger partial charge is 0.481 e. The molecule has 3 amide bonds. The van der Waals surface area contributed by atoms with Crippen molar-refractivity contribution in [2.75, 3.05) is 17.7 Å². The van der Waals surface area contributed by atoms with Crippen LogP contribution in [0.4, 0.5) is 16.2 Å². The number of urea groups is 1. The van der Waals surface area contributed by atoms with Crippen LogP contribution in [0.1, 0.15) is 12.5 Å². The molecule has 0 radical (unpaired) electrons. The zero-order valence-corrected chi connectivity index (χ0v) is 13.9. The van der Waals surface area contributed by atoms with E-state index in [2.05, 4.69) is 16.0 Å². The Bertz CT molecular complexity index is 714. The van der Waals surface area contributed by atoms with Crippen LogP contribution in [-0.4, -0.2) is 25.1 Å². The number of anilines is 2. The second kappa shape index (κ2) is 8.01. The zero-order chi connectivity index (χ0) is 17.5. The lowest BCUT2D eigenvalue weighted by Gasteiger charge is -2.15. The lowest BCUT2D eigenvalue weighted by Crippen LogP contribution is -2.30. The van der Waals surface area contributed by atoms with Crippen molar-refractivity contribution in [2.45, 2.75) is 20.0 Å². The number of hydrogen-bond acceptors (Lipinski definition) is 3. The van der Waals surface area contributed by atoms with Gasteiger partial charge in [0.15, 0.2) is 6.10 Å². The number of ether oxygens (including phenoxy) is 1. The van der Waals surface area contributed by atoms with Gasteiger partial charge in [-0.3, -0.25) is 4.79 Å². The van der Waals surface area contributed by atoms with Crippen LogP contribution in [0.3, 0.4) is 0 Å². The van der Waals surface area contributed by atoms with E-state index < -0.39 is 6.10 Å². The Labute approximate surface area is 141 Å². The van der Waals surface area contributed by atoms with E-state index in [-0.39, 0.29) is 11.9 Å². The first-order valence-electron chi connectivity index (χ1n) is 7.61. The summed E-state index contributed by atoms with van der Waals surface area (Å²) < 4.78 is 5.64. The molecule has 0 aliphatic carbocycles. The Morgan fingerprint density at radius 2 is 1.62 bits per heavy atom. The summed E-state index contributed by atoms with van der Waals surface area (Å²) in [7, 11) is 1.54.